The van der Waals surface area contributed by atoms with Crippen LogP contribution in [0, 0.1) is 5.82 Å². The molecule has 0 radical (unpaired) electrons. The number of benzene rings is 1. The molecule has 0 aliphatic heterocycles. The summed E-state index contributed by atoms with van der Waals surface area (Å²) in [6, 6.07) is 3.51. The molecule has 17 heavy (non-hydrogen) atoms. The number of phenolic OH excluding ortho intramolecular Hbond substituents is 1. The first-order valence-corrected chi connectivity index (χ1v) is 5.57. The van der Waals surface area contributed by atoms with Crippen molar-refractivity contribution < 1.29 is 14.3 Å². The molecule has 0 bridgehead atoms. The van der Waals surface area contributed by atoms with E-state index in [1.807, 2.05) is 6.92 Å². The fraction of sp³-hybridized carbons (Fsp3) is 0.417. The summed E-state index contributed by atoms with van der Waals surface area (Å²) in [7, 11) is 0. The quantitative estimate of drug-likeness (QED) is 0.689. The molecule has 1 rings (SSSR count). The van der Waals surface area contributed by atoms with Crippen LogP contribution in [0.2, 0.25) is 0 Å². The van der Waals surface area contributed by atoms with Crippen LogP contribution < -0.4 is 11.1 Å². The highest BCUT2D eigenvalue weighted by Gasteiger charge is 2.10. The largest absolute Gasteiger partial charge is 0.505 e. The summed E-state index contributed by atoms with van der Waals surface area (Å²) in [5.41, 5.74) is 6.03. The number of phenols is 1. The maximum Gasteiger partial charge on any atom is 0.225 e. The van der Waals surface area contributed by atoms with Gasteiger partial charge in [0.15, 0.2) is 11.6 Å². The Morgan fingerprint density at radius 3 is 2.88 bits per heavy atom. The number of hydrogen-bond acceptors (Lipinski definition) is 3. The molecule has 0 saturated heterocycles. The molecule has 1 aromatic carbocycles. The van der Waals surface area contributed by atoms with E-state index >= 15 is 0 Å². The van der Waals surface area contributed by atoms with Gasteiger partial charge in [-0.2, -0.15) is 0 Å². The van der Waals surface area contributed by atoms with Crippen molar-refractivity contribution in [1.82, 2.24) is 0 Å². The zero-order valence-electron chi connectivity index (χ0n) is 9.74. The van der Waals surface area contributed by atoms with E-state index in [4.69, 9.17) is 10.8 Å². The molecule has 1 unspecified atom stereocenters. The number of nitrogens with two attached hydrogens (primary N) is 1. The van der Waals surface area contributed by atoms with Crippen molar-refractivity contribution in [2.24, 2.45) is 5.73 Å². The minimum atomic E-state index is -0.763. The van der Waals surface area contributed by atoms with E-state index in [0.29, 0.717) is 5.69 Å². The molecule has 0 spiro atoms. The van der Waals surface area contributed by atoms with E-state index in [-0.39, 0.29) is 18.4 Å². The second-order valence-corrected chi connectivity index (χ2v) is 3.97. The van der Waals surface area contributed by atoms with Crippen LogP contribution in [0.25, 0.3) is 0 Å². The Morgan fingerprint density at radius 2 is 2.29 bits per heavy atom. The van der Waals surface area contributed by atoms with Crippen molar-refractivity contribution in [3.63, 3.8) is 0 Å². The predicted molar refractivity (Wildman–Crippen MR) is 64.2 cm³/mol. The van der Waals surface area contributed by atoms with Crippen LogP contribution in [-0.2, 0) is 4.79 Å². The normalized spacial score (nSPS) is 12.2. The van der Waals surface area contributed by atoms with Crippen molar-refractivity contribution in [2.75, 3.05) is 5.32 Å². The monoisotopic (exact) mass is 240 g/mol. The molecule has 4 nitrogen and oxygen atoms in total. The van der Waals surface area contributed by atoms with Crippen molar-refractivity contribution in [3.8, 4) is 5.75 Å². The highest BCUT2D eigenvalue weighted by atomic mass is 19.1. The summed E-state index contributed by atoms with van der Waals surface area (Å²) in [5.74, 6) is -1.46. The highest BCUT2D eigenvalue weighted by Crippen LogP contribution is 2.19. The van der Waals surface area contributed by atoms with Crippen molar-refractivity contribution >= 4 is 11.6 Å². The Morgan fingerprint density at radius 1 is 1.59 bits per heavy atom. The van der Waals surface area contributed by atoms with Crippen molar-refractivity contribution in [1.29, 1.82) is 0 Å². The molecule has 0 aromatic heterocycles. The molecular formula is C12H17FN2O2. The number of carbonyl (C=O) groups is 1. The Labute approximate surface area is 99.6 Å². The first kappa shape index (κ1) is 13.4. The van der Waals surface area contributed by atoms with Gasteiger partial charge >= 0.3 is 0 Å². The number of hydrogen-bond donors (Lipinski definition) is 3. The number of amides is 1. The molecule has 94 valence electrons. The van der Waals surface area contributed by atoms with Gasteiger partial charge in [0.05, 0.1) is 0 Å². The number of carbonyl (C=O) groups excluding carboxylic acids is 1. The molecule has 0 saturated carbocycles. The van der Waals surface area contributed by atoms with E-state index in [9.17, 15) is 9.18 Å². The fourth-order valence-electron chi connectivity index (χ4n) is 1.51. The molecular weight excluding hydrogens is 223 g/mol. The maximum absolute atomic E-state index is 13.0. The number of nitrogens with one attached hydrogen (secondary N) is 1. The summed E-state index contributed by atoms with van der Waals surface area (Å²) in [6.07, 6.45) is 1.90. The van der Waals surface area contributed by atoms with Gasteiger partial charge in [-0.25, -0.2) is 4.39 Å². The number of halogens is 1. The smallest absolute Gasteiger partial charge is 0.225 e. The van der Waals surface area contributed by atoms with Gasteiger partial charge in [0.1, 0.15) is 0 Å². The third-order valence-corrected chi connectivity index (χ3v) is 2.34. The number of rotatable bonds is 5. The van der Waals surface area contributed by atoms with E-state index < -0.39 is 11.6 Å². The summed E-state index contributed by atoms with van der Waals surface area (Å²) in [6.45, 7) is 1.99. The van der Waals surface area contributed by atoms with Crippen LogP contribution in [0.15, 0.2) is 18.2 Å². The number of anilines is 1. The number of aromatic hydroxyl groups is 1. The Balaban J connectivity index is 2.53. The highest BCUT2D eigenvalue weighted by molar-refractivity contribution is 5.91. The zero-order chi connectivity index (χ0) is 12.8. The van der Waals surface area contributed by atoms with Gasteiger partial charge in [0.2, 0.25) is 5.91 Å². The second-order valence-electron chi connectivity index (χ2n) is 3.97. The summed E-state index contributed by atoms with van der Waals surface area (Å²) in [5, 5.41) is 11.5. The molecule has 0 aliphatic rings. The lowest BCUT2D eigenvalue weighted by Gasteiger charge is -2.10. The molecule has 1 atom stereocenters. The Kier molecular flexibility index (Phi) is 4.90. The summed E-state index contributed by atoms with van der Waals surface area (Å²) in [4.78, 5) is 11.5. The molecule has 1 aromatic rings. The van der Waals surface area contributed by atoms with Crippen LogP contribution in [0.4, 0.5) is 10.1 Å². The first-order valence-electron chi connectivity index (χ1n) is 5.57. The van der Waals surface area contributed by atoms with Crippen LogP contribution in [0.5, 0.6) is 5.75 Å². The van der Waals surface area contributed by atoms with E-state index in [1.54, 1.807) is 0 Å². The van der Waals surface area contributed by atoms with E-state index in [1.165, 1.54) is 12.1 Å². The second kappa shape index (κ2) is 6.20. The average Bonchev–Trinajstić information content (AvgIpc) is 2.23. The molecule has 5 heteroatoms. The maximum atomic E-state index is 13.0. The third-order valence-electron chi connectivity index (χ3n) is 2.34. The van der Waals surface area contributed by atoms with Gasteiger partial charge in [0.25, 0.3) is 0 Å². The van der Waals surface area contributed by atoms with Crippen LogP contribution in [-0.4, -0.2) is 17.1 Å². The van der Waals surface area contributed by atoms with Crippen LogP contribution in [0.1, 0.15) is 26.2 Å². The van der Waals surface area contributed by atoms with Gasteiger partial charge in [-0.1, -0.05) is 13.3 Å². The molecule has 0 heterocycles. The van der Waals surface area contributed by atoms with Crippen LogP contribution in [0.3, 0.4) is 0 Å². The molecule has 4 N–H and O–H groups in total. The van der Waals surface area contributed by atoms with Crippen molar-refractivity contribution in [3.05, 3.63) is 24.0 Å². The minimum absolute atomic E-state index is 0.179. The van der Waals surface area contributed by atoms with Crippen molar-refractivity contribution in [2.45, 2.75) is 32.2 Å². The summed E-state index contributed by atoms with van der Waals surface area (Å²) < 4.78 is 13.0. The molecule has 1 amide bonds. The Hall–Kier alpha value is -1.62. The van der Waals surface area contributed by atoms with Crippen LogP contribution >= 0.6 is 0 Å². The Bertz CT molecular complexity index is 396. The van der Waals surface area contributed by atoms with Gasteiger partial charge < -0.3 is 16.2 Å². The lowest BCUT2D eigenvalue weighted by molar-refractivity contribution is -0.116. The van der Waals surface area contributed by atoms with E-state index in [0.717, 1.165) is 18.9 Å². The van der Waals surface area contributed by atoms with E-state index in [2.05, 4.69) is 5.32 Å². The minimum Gasteiger partial charge on any atom is -0.505 e. The molecule has 0 aliphatic carbocycles. The lowest BCUT2D eigenvalue weighted by atomic mass is 10.1. The fourth-order valence-corrected chi connectivity index (χ4v) is 1.51. The van der Waals surface area contributed by atoms with Gasteiger partial charge in [-0.3, -0.25) is 4.79 Å². The lowest BCUT2D eigenvalue weighted by Crippen LogP contribution is -2.26. The standard InChI is InChI=1S/C12H17FN2O2/c1-2-3-8(14)6-12(17)15-9-4-5-11(16)10(13)7-9/h4-5,7-8,16H,2-3,6,14H2,1H3,(H,15,17). The van der Waals surface area contributed by atoms with Gasteiger partial charge in [-0.05, 0) is 18.6 Å². The SMILES string of the molecule is CCCC(N)CC(=O)Nc1ccc(O)c(F)c1. The average molecular weight is 240 g/mol. The topological polar surface area (TPSA) is 75.4 Å². The molecule has 0 fully saturated rings. The first-order chi connectivity index (χ1) is 8.02. The third kappa shape index (κ3) is 4.40. The summed E-state index contributed by atoms with van der Waals surface area (Å²) >= 11 is 0. The predicted octanol–water partition coefficient (Wildman–Crippen LogP) is 1.99. The van der Waals surface area contributed by atoms with Gasteiger partial charge in [-0.15, -0.1) is 0 Å². The van der Waals surface area contributed by atoms with Gasteiger partial charge in [0, 0.05) is 24.2 Å². The zero-order valence-corrected chi connectivity index (χ0v) is 9.74.